The fourth-order valence-corrected chi connectivity index (χ4v) is 3.25. The van der Waals surface area contributed by atoms with Gasteiger partial charge in [-0.1, -0.05) is 32.3 Å². The van der Waals surface area contributed by atoms with E-state index in [0.717, 1.165) is 17.3 Å². The fourth-order valence-electron chi connectivity index (χ4n) is 3.25. The molecule has 1 aromatic heterocycles. The molecule has 5 heteroatoms. The lowest BCUT2D eigenvalue weighted by molar-refractivity contribution is 0.327. The van der Waals surface area contributed by atoms with Gasteiger partial charge in [-0.3, -0.25) is 0 Å². The summed E-state index contributed by atoms with van der Waals surface area (Å²) in [6.07, 6.45) is 8.21. The van der Waals surface area contributed by atoms with Crippen LogP contribution in [0.5, 0.6) is 0 Å². The molecule has 3 rings (SSSR count). The largest absolute Gasteiger partial charge is 0.382 e. The topological polar surface area (TPSA) is 55.6 Å². The van der Waals surface area contributed by atoms with Crippen LogP contribution < -0.4 is 5.32 Å². The molecule has 0 bridgehead atoms. The van der Waals surface area contributed by atoms with Gasteiger partial charge < -0.3 is 5.32 Å². The molecule has 0 spiro atoms. The maximum atomic E-state index is 3.99. The molecule has 112 valence electrons. The van der Waals surface area contributed by atoms with Gasteiger partial charge in [-0.2, -0.15) is 0 Å². The first-order valence-electron chi connectivity index (χ1n) is 7.87. The van der Waals surface area contributed by atoms with Crippen molar-refractivity contribution < 1.29 is 0 Å². The van der Waals surface area contributed by atoms with Crippen LogP contribution in [0.1, 0.15) is 44.6 Å². The van der Waals surface area contributed by atoms with Crippen LogP contribution in [0.15, 0.2) is 24.5 Å². The van der Waals surface area contributed by atoms with Crippen molar-refractivity contribution in [2.45, 2.75) is 52.0 Å². The first-order valence-corrected chi connectivity index (χ1v) is 7.87. The number of tetrazole rings is 1. The Bertz CT molecular complexity index is 578. The van der Waals surface area contributed by atoms with Crippen molar-refractivity contribution in [3.8, 4) is 5.69 Å². The van der Waals surface area contributed by atoms with Crippen LogP contribution >= 0.6 is 0 Å². The number of aryl methyl sites for hydroxylation is 1. The minimum absolute atomic E-state index is 0.591. The number of nitrogens with zero attached hydrogens (tertiary/aromatic N) is 4. The molecule has 0 saturated heterocycles. The minimum atomic E-state index is 0.591. The number of aromatic nitrogens is 4. The summed E-state index contributed by atoms with van der Waals surface area (Å²) in [7, 11) is 0. The summed E-state index contributed by atoms with van der Waals surface area (Å²) in [5, 5.41) is 15.1. The first kappa shape index (κ1) is 14.0. The zero-order valence-corrected chi connectivity index (χ0v) is 12.8. The maximum absolute atomic E-state index is 3.99. The van der Waals surface area contributed by atoms with Crippen molar-refractivity contribution in [1.29, 1.82) is 0 Å². The summed E-state index contributed by atoms with van der Waals surface area (Å²) in [6.45, 7) is 4.38. The molecular weight excluding hydrogens is 262 g/mol. The van der Waals surface area contributed by atoms with Crippen molar-refractivity contribution in [1.82, 2.24) is 20.2 Å². The highest BCUT2D eigenvalue weighted by molar-refractivity contribution is 5.55. The van der Waals surface area contributed by atoms with Gasteiger partial charge in [0.05, 0.1) is 5.69 Å². The van der Waals surface area contributed by atoms with Gasteiger partial charge in [0.2, 0.25) is 0 Å². The Morgan fingerprint density at radius 1 is 1.33 bits per heavy atom. The van der Waals surface area contributed by atoms with E-state index in [1.54, 1.807) is 11.0 Å². The lowest BCUT2D eigenvalue weighted by atomic mass is 9.84. The molecule has 1 N–H and O–H groups in total. The fraction of sp³-hybridized carbons (Fsp3) is 0.562. The second kappa shape index (κ2) is 6.24. The predicted octanol–water partition coefficient (Wildman–Crippen LogP) is 3.35. The Morgan fingerprint density at radius 3 is 3.00 bits per heavy atom. The molecule has 1 saturated carbocycles. The number of rotatable bonds is 4. The van der Waals surface area contributed by atoms with E-state index < -0.39 is 0 Å². The molecule has 0 amide bonds. The Morgan fingerprint density at radius 2 is 2.24 bits per heavy atom. The van der Waals surface area contributed by atoms with Gasteiger partial charge in [0.15, 0.2) is 0 Å². The van der Waals surface area contributed by atoms with Crippen LogP contribution in [-0.2, 0) is 0 Å². The maximum Gasteiger partial charge on any atom is 0.143 e. The smallest absolute Gasteiger partial charge is 0.143 e. The lowest BCUT2D eigenvalue weighted by Gasteiger charge is -2.30. The van der Waals surface area contributed by atoms with Gasteiger partial charge in [0, 0.05) is 11.7 Å². The van der Waals surface area contributed by atoms with Crippen LogP contribution in [0.4, 0.5) is 5.69 Å². The summed E-state index contributed by atoms with van der Waals surface area (Å²) in [4.78, 5) is 0. The third kappa shape index (κ3) is 3.23. The van der Waals surface area contributed by atoms with Crippen molar-refractivity contribution in [2.24, 2.45) is 5.92 Å². The number of nitrogens with one attached hydrogen (secondary N) is 1. The van der Waals surface area contributed by atoms with Crippen molar-refractivity contribution >= 4 is 5.69 Å². The van der Waals surface area contributed by atoms with Crippen LogP contribution in [0.3, 0.4) is 0 Å². The Kier molecular flexibility index (Phi) is 4.18. The molecule has 0 radical (unpaired) electrons. The van der Waals surface area contributed by atoms with E-state index in [1.807, 2.05) is 0 Å². The van der Waals surface area contributed by atoms with Gasteiger partial charge in [-0.05, 0) is 53.8 Å². The predicted molar refractivity (Wildman–Crippen MR) is 83.6 cm³/mol. The van der Waals surface area contributed by atoms with Gasteiger partial charge in [0.1, 0.15) is 6.33 Å². The Hall–Kier alpha value is -1.91. The molecule has 1 aliphatic rings. The average Bonchev–Trinajstić information content (AvgIpc) is 3.03. The van der Waals surface area contributed by atoms with Gasteiger partial charge in [0.25, 0.3) is 0 Å². The molecule has 1 heterocycles. The zero-order valence-electron chi connectivity index (χ0n) is 12.8. The van der Waals surface area contributed by atoms with Crippen molar-refractivity contribution in [3.63, 3.8) is 0 Å². The first-order chi connectivity index (χ1) is 10.3. The Balaban J connectivity index is 1.75. The van der Waals surface area contributed by atoms with Crippen LogP contribution in [0.2, 0.25) is 0 Å². The summed E-state index contributed by atoms with van der Waals surface area (Å²) in [5.41, 5.74) is 3.36. The van der Waals surface area contributed by atoms with E-state index in [0.29, 0.717) is 6.04 Å². The molecular formula is C16H23N5. The highest BCUT2D eigenvalue weighted by atomic mass is 15.5. The number of hydrogen-bond donors (Lipinski definition) is 1. The lowest BCUT2D eigenvalue weighted by Crippen LogP contribution is -2.27. The second-order valence-electron chi connectivity index (χ2n) is 6.04. The SMILES string of the molecule is CCC1CCCC(Nc2ccc(C)c(-n3cnnn3)c2)C1. The molecule has 1 fully saturated rings. The van der Waals surface area contributed by atoms with Gasteiger partial charge in [-0.25, -0.2) is 4.68 Å². The number of anilines is 1. The molecule has 1 aliphatic carbocycles. The summed E-state index contributed by atoms with van der Waals surface area (Å²) in [6, 6.07) is 7.01. The number of hydrogen-bond acceptors (Lipinski definition) is 4. The van der Waals surface area contributed by atoms with Gasteiger partial charge in [-0.15, -0.1) is 5.10 Å². The van der Waals surface area contributed by atoms with Crippen LogP contribution in [-0.4, -0.2) is 26.2 Å². The monoisotopic (exact) mass is 285 g/mol. The third-order valence-corrected chi connectivity index (χ3v) is 4.54. The zero-order chi connectivity index (χ0) is 14.7. The molecule has 2 atom stereocenters. The standard InChI is InChI=1S/C16H23N5/c1-3-13-5-4-6-14(9-13)18-15-8-7-12(2)16(10-15)21-11-17-19-20-21/h7-8,10-11,13-14,18H,3-6,9H2,1-2H3. The molecule has 0 aliphatic heterocycles. The normalized spacial score (nSPS) is 22.2. The Labute approximate surface area is 125 Å². The summed E-state index contributed by atoms with van der Waals surface area (Å²) in [5.74, 6) is 0.876. The second-order valence-corrected chi connectivity index (χ2v) is 6.04. The molecule has 21 heavy (non-hydrogen) atoms. The third-order valence-electron chi connectivity index (χ3n) is 4.54. The van der Waals surface area contributed by atoms with E-state index in [-0.39, 0.29) is 0 Å². The van der Waals surface area contributed by atoms with E-state index in [2.05, 4.69) is 52.9 Å². The van der Waals surface area contributed by atoms with Crippen LogP contribution in [0, 0.1) is 12.8 Å². The van der Waals surface area contributed by atoms with Gasteiger partial charge >= 0.3 is 0 Å². The summed E-state index contributed by atoms with van der Waals surface area (Å²) >= 11 is 0. The van der Waals surface area contributed by atoms with E-state index in [1.165, 1.54) is 37.7 Å². The highest BCUT2D eigenvalue weighted by Gasteiger charge is 2.20. The van der Waals surface area contributed by atoms with E-state index in [9.17, 15) is 0 Å². The minimum Gasteiger partial charge on any atom is -0.382 e. The average molecular weight is 285 g/mol. The molecule has 1 aromatic carbocycles. The van der Waals surface area contributed by atoms with E-state index in [4.69, 9.17) is 0 Å². The quantitative estimate of drug-likeness (QED) is 0.936. The molecule has 5 nitrogen and oxygen atoms in total. The molecule has 2 unspecified atom stereocenters. The highest BCUT2D eigenvalue weighted by Crippen LogP contribution is 2.29. The van der Waals surface area contributed by atoms with Crippen LogP contribution in [0.25, 0.3) is 5.69 Å². The molecule has 2 aromatic rings. The van der Waals surface area contributed by atoms with Crippen molar-refractivity contribution in [3.05, 3.63) is 30.1 Å². The number of benzene rings is 1. The summed E-state index contributed by atoms with van der Waals surface area (Å²) < 4.78 is 1.72. The van der Waals surface area contributed by atoms with E-state index >= 15 is 0 Å². The van der Waals surface area contributed by atoms with Crippen molar-refractivity contribution in [2.75, 3.05) is 5.32 Å².